The van der Waals surface area contributed by atoms with E-state index in [2.05, 4.69) is 35.1 Å². The predicted octanol–water partition coefficient (Wildman–Crippen LogP) is 3.45. The zero-order valence-corrected chi connectivity index (χ0v) is 15.1. The van der Waals surface area contributed by atoms with Crippen LogP contribution in [-0.2, 0) is 11.3 Å². The van der Waals surface area contributed by atoms with Crippen molar-refractivity contribution < 1.29 is 14.6 Å². The summed E-state index contributed by atoms with van der Waals surface area (Å²) in [6.45, 7) is 5.18. The van der Waals surface area contributed by atoms with Crippen molar-refractivity contribution >= 4 is 11.7 Å². The monoisotopic (exact) mass is 355 g/mol. The predicted molar refractivity (Wildman–Crippen MR) is 98.8 cm³/mol. The number of carboxylic acids is 1. The van der Waals surface area contributed by atoms with Gasteiger partial charge in [0, 0.05) is 43.8 Å². The molecule has 1 atom stereocenters. The van der Waals surface area contributed by atoms with Crippen LogP contribution in [0.2, 0.25) is 0 Å². The highest BCUT2D eigenvalue weighted by Gasteiger charge is 2.26. The van der Waals surface area contributed by atoms with Crippen LogP contribution in [0.5, 0.6) is 0 Å². The van der Waals surface area contributed by atoms with Crippen molar-refractivity contribution in [1.29, 1.82) is 0 Å². The number of fused-ring (bicyclic) bond motifs is 1. The van der Waals surface area contributed by atoms with Crippen molar-refractivity contribution in [3.8, 4) is 0 Å². The SMILES string of the molecule is CC1CCN(Cc2cn(C3CCOCC3)nc2C(=O)O)c2ccccc21. The minimum absolute atomic E-state index is 0.174. The van der Waals surface area contributed by atoms with Crippen LogP contribution in [0.3, 0.4) is 0 Å². The lowest BCUT2D eigenvalue weighted by atomic mass is 9.91. The second-order valence-electron chi connectivity index (χ2n) is 7.30. The number of rotatable bonds is 4. The van der Waals surface area contributed by atoms with Crippen LogP contribution >= 0.6 is 0 Å². The summed E-state index contributed by atoms with van der Waals surface area (Å²) in [6, 6.07) is 8.66. The van der Waals surface area contributed by atoms with E-state index in [9.17, 15) is 9.90 Å². The van der Waals surface area contributed by atoms with Crippen LogP contribution in [0, 0.1) is 0 Å². The molecule has 0 saturated carbocycles. The smallest absolute Gasteiger partial charge is 0.356 e. The van der Waals surface area contributed by atoms with Crippen LogP contribution in [0.25, 0.3) is 0 Å². The molecule has 0 spiro atoms. The summed E-state index contributed by atoms with van der Waals surface area (Å²) in [7, 11) is 0. The first kappa shape index (κ1) is 17.1. The van der Waals surface area contributed by atoms with Gasteiger partial charge in [-0.1, -0.05) is 25.1 Å². The Hall–Kier alpha value is -2.34. The molecule has 1 unspecified atom stereocenters. The fraction of sp³-hybridized carbons (Fsp3) is 0.500. The molecule has 6 heteroatoms. The average Bonchev–Trinajstić information content (AvgIpc) is 3.09. The Kier molecular flexibility index (Phi) is 4.68. The maximum absolute atomic E-state index is 11.7. The molecule has 2 aromatic rings. The van der Waals surface area contributed by atoms with Gasteiger partial charge in [-0.3, -0.25) is 4.68 Å². The fourth-order valence-electron chi connectivity index (χ4n) is 4.05. The minimum atomic E-state index is -0.954. The summed E-state index contributed by atoms with van der Waals surface area (Å²) in [6.07, 6.45) is 4.77. The number of aromatic nitrogens is 2. The largest absolute Gasteiger partial charge is 0.476 e. The quantitative estimate of drug-likeness (QED) is 0.910. The second-order valence-corrected chi connectivity index (χ2v) is 7.30. The summed E-state index contributed by atoms with van der Waals surface area (Å²) >= 11 is 0. The molecule has 1 aromatic carbocycles. The molecule has 4 rings (SSSR count). The number of aromatic carboxylic acids is 1. The van der Waals surface area contributed by atoms with Crippen LogP contribution in [0.4, 0.5) is 5.69 Å². The Morgan fingerprint density at radius 3 is 2.81 bits per heavy atom. The number of ether oxygens (including phenoxy) is 1. The Balaban J connectivity index is 1.62. The molecule has 6 nitrogen and oxygen atoms in total. The Morgan fingerprint density at radius 2 is 2.04 bits per heavy atom. The molecular formula is C20H25N3O3. The third-order valence-electron chi connectivity index (χ3n) is 5.58. The zero-order chi connectivity index (χ0) is 18.1. The van der Waals surface area contributed by atoms with Gasteiger partial charge in [0.15, 0.2) is 5.69 Å². The van der Waals surface area contributed by atoms with Crippen molar-refractivity contribution in [2.24, 2.45) is 0 Å². The third-order valence-corrected chi connectivity index (χ3v) is 5.58. The lowest BCUT2D eigenvalue weighted by Crippen LogP contribution is -2.30. The number of hydrogen-bond donors (Lipinski definition) is 1. The van der Waals surface area contributed by atoms with E-state index in [1.807, 2.05) is 16.9 Å². The lowest BCUT2D eigenvalue weighted by molar-refractivity contribution is 0.0645. The van der Waals surface area contributed by atoms with E-state index < -0.39 is 5.97 Å². The topological polar surface area (TPSA) is 67.6 Å². The molecule has 0 amide bonds. The molecule has 0 bridgehead atoms. The molecule has 1 fully saturated rings. The molecule has 0 aliphatic carbocycles. The highest BCUT2D eigenvalue weighted by atomic mass is 16.5. The van der Waals surface area contributed by atoms with Crippen molar-refractivity contribution in [3.63, 3.8) is 0 Å². The van der Waals surface area contributed by atoms with Crippen molar-refractivity contribution in [2.45, 2.75) is 44.7 Å². The zero-order valence-electron chi connectivity index (χ0n) is 15.1. The van der Waals surface area contributed by atoms with E-state index in [4.69, 9.17) is 4.74 Å². The van der Waals surface area contributed by atoms with Gasteiger partial charge >= 0.3 is 5.97 Å². The maximum Gasteiger partial charge on any atom is 0.356 e. The summed E-state index contributed by atoms with van der Waals surface area (Å²) < 4.78 is 7.26. The molecule has 26 heavy (non-hydrogen) atoms. The van der Waals surface area contributed by atoms with Gasteiger partial charge in [-0.15, -0.1) is 0 Å². The van der Waals surface area contributed by atoms with Crippen LogP contribution in [0.15, 0.2) is 30.5 Å². The van der Waals surface area contributed by atoms with Gasteiger partial charge in [0.05, 0.1) is 6.04 Å². The molecule has 3 heterocycles. The van der Waals surface area contributed by atoms with Gasteiger partial charge < -0.3 is 14.7 Å². The van der Waals surface area contributed by atoms with Crippen molar-refractivity contribution in [2.75, 3.05) is 24.7 Å². The van der Waals surface area contributed by atoms with E-state index in [0.29, 0.717) is 25.7 Å². The van der Waals surface area contributed by atoms with Gasteiger partial charge in [-0.25, -0.2) is 4.79 Å². The number of benzene rings is 1. The Labute approximate surface area is 153 Å². The summed E-state index contributed by atoms with van der Waals surface area (Å²) in [4.78, 5) is 14.0. The van der Waals surface area contributed by atoms with Crippen molar-refractivity contribution in [3.05, 3.63) is 47.3 Å². The van der Waals surface area contributed by atoms with Gasteiger partial charge in [0.1, 0.15) is 0 Å². The Bertz CT molecular complexity index is 795. The van der Waals surface area contributed by atoms with E-state index in [1.165, 1.54) is 11.3 Å². The normalized spacial score (nSPS) is 20.8. The molecule has 138 valence electrons. The molecule has 2 aliphatic rings. The molecular weight excluding hydrogens is 330 g/mol. The average molecular weight is 355 g/mol. The van der Waals surface area contributed by atoms with Gasteiger partial charge in [0.25, 0.3) is 0 Å². The summed E-state index contributed by atoms with van der Waals surface area (Å²) in [5.74, 6) is -0.421. The maximum atomic E-state index is 11.7. The fourth-order valence-corrected chi connectivity index (χ4v) is 4.05. The first-order valence-corrected chi connectivity index (χ1v) is 9.36. The molecule has 0 radical (unpaired) electrons. The molecule has 1 N–H and O–H groups in total. The van der Waals surface area contributed by atoms with Crippen LogP contribution < -0.4 is 4.90 Å². The van der Waals surface area contributed by atoms with Crippen LogP contribution in [-0.4, -0.2) is 40.6 Å². The van der Waals surface area contributed by atoms with E-state index >= 15 is 0 Å². The van der Waals surface area contributed by atoms with E-state index in [1.54, 1.807) is 0 Å². The standard InChI is InChI=1S/C20H25N3O3/c1-14-6-9-22(18-5-3-2-4-17(14)18)12-15-13-23(21-19(15)20(24)25)16-7-10-26-11-8-16/h2-5,13-14,16H,6-12H2,1H3,(H,24,25). The summed E-state index contributed by atoms with van der Waals surface area (Å²) in [5.41, 5.74) is 3.51. The van der Waals surface area contributed by atoms with Gasteiger partial charge in [-0.05, 0) is 36.8 Å². The highest BCUT2D eigenvalue weighted by molar-refractivity contribution is 5.87. The minimum Gasteiger partial charge on any atom is -0.476 e. The van der Waals surface area contributed by atoms with Gasteiger partial charge in [0.2, 0.25) is 0 Å². The number of carbonyl (C=O) groups is 1. The third kappa shape index (κ3) is 3.21. The second kappa shape index (κ2) is 7.11. The lowest BCUT2D eigenvalue weighted by Gasteiger charge is -2.34. The first-order chi connectivity index (χ1) is 12.6. The number of hydrogen-bond acceptors (Lipinski definition) is 4. The molecule has 1 aromatic heterocycles. The summed E-state index contributed by atoms with van der Waals surface area (Å²) in [5, 5.41) is 14.0. The van der Waals surface area contributed by atoms with Crippen molar-refractivity contribution in [1.82, 2.24) is 9.78 Å². The number of nitrogens with zero attached hydrogens (tertiary/aromatic N) is 3. The number of anilines is 1. The van der Waals surface area contributed by atoms with E-state index in [-0.39, 0.29) is 11.7 Å². The number of carboxylic acid groups (broad SMARTS) is 1. The van der Waals surface area contributed by atoms with Gasteiger partial charge in [-0.2, -0.15) is 5.10 Å². The molecule has 2 aliphatic heterocycles. The Morgan fingerprint density at radius 1 is 1.27 bits per heavy atom. The van der Waals surface area contributed by atoms with Crippen LogP contribution in [0.1, 0.15) is 59.8 Å². The number of para-hydroxylation sites is 1. The highest BCUT2D eigenvalue weighted by Crippen LogP contribution is 2.36. The van der Waals surface area contributed by atoms with E-state index in [0.717, 1.165) is 31.4 Å². The molecule has 1 saturated heterocycles. The first-order valence-electron chi connectivity index (χ1n) is 9.36.